The summed E-state index contributed by atoms with van der Waals surface area (Å²) in [5.41, 5.74) is 3.64. The van der Waals surface area contributed by atoms with Crippen LogP contribution in [-0.4, -0.2) is 20.3 Å². The van der Waals surface area contributed by atoms with Gasteiger partial charge in [-0.15, -0.1) is 0 Å². The maximum absolute atomic E-state index is 5.92. The smallest absolute Gasteiger partial charge is 0.130 e. The van der Waals surface area contributed by atoms with Crippen LogP contribution in [0.3, 0.4) is 0 Å². The molecule has 1 N–H and O–H groups in total. The molecule has 0 radical (unpaired) electrons. The molecule has 0 saturated heterocycles. The summed E-state index contributed by atoms with van der Waals surface area (Å²) < 4.78 is 10.9. The molecule has 0 unspecified atom stereocenters. The Kier molecular flexibility index (Phi) is 5.78. The molecule has 0 spiro atoms. The van der Waals surface area contributed by atoms with E-state index in [2.05, 4.69) is 43.4 Å². The van der Waals surface area contributed by atoms with E-state index in [0.29, 0.717) is 0 Å². The van der Waals surface area contributed by atoms with Crippen LogP contribution in [0, 0.1) is 13.8 Å². The number of benzene rings is 2. The molecule has 2 aromatic rings. The van der Waals surface area contributed by atoms with Gasteiger partial charge in [-0.1, -0.05) is 29.8 Å². The highest BCUT2D eigenvalue weighted by molar-refractivity contribution is 5.39. The lowest BCUT2D eigenvalue weighted by molar-refractivity contribution is 0.199. The van der Waals surface area contributed by atoms with Crippen molar-refractivity contribution in [1.29, 1.82) is 0 Å². The molecule has 112 valence electrons. The average molecular weight is 285 g/mol. The summed E-state index contributed by atoms with van der Waals surface area (Å²) in [5.74, 6) is 1.77. The standard InChI is InChI=1S/C18H23NO2/c1-14-4-9-18(15(2)12-14)21-17-7-5-16(6-8-17)13-19-10-11-20-3/h4-9,12,19H,10-11,13H2,1-3H3. The molecular formula is C18H23NO2. The van der Waals surface area contributed by atoms with Gasteiger partial charge in [0.05, 0.1) is 6.61 Å². The van der Waals surface area contributed by atoms with E-state index in [1.807, 2.05) is 18.2 Å². The molecule has 0 aliphatic heterocycles. The van der Waals surface area contributed by atoms with E-state index in [9.17, 15) is 0 Å². The number of rotatable bonds is 7. The maximum atomic E-state index is 5.92. The number of hydrogen-bond donors (Lipinski definition) is 1. The first-order chi connectivity index (χ1) is 10.2. The summed E-state index contributed by atoms with van der Waals surface area (Å²) >= 11 is 0. The first-order valence-corrected chi connectivity index (χ1v) is 7.23. The minimum Gasteiger partial charge on any atom is -0.457 e. The second-order valence-electron chi connectivity index (χ2n) is 5.18. The number of methoxy groups -OCH3 is 1. The Morgan fingerprint density at radius 1 is 1.00 bits per heavy atom. The fraction of sp³-hybridized carbons (Fsp3) is 0.333. The fourth-order valence-corrected chi connectivity index (χ4v) is 2.12. The zero-order valence-corrected chi connectivity index (χ0v) is 13.0. The Morgan fingerprint density at radius 2 is 1.76 bits per heavy atom. The molecule has 0 aliphatic rings. The topological polar surface area (TPSA) is 30.5 Å². The van der Waals surface area contributed by atoms with Crippen molar-refractivity contribution >= 4 is 0 Å². The van der Waals surface area contributed by atoms with Gasteiger partial charge in [-0.05, 0) is 43.2 Å². The number of ether oxygens (including phenoxy) is 2. The van der Waals surface area contributed by atoms with E-state index in [1.165, 1.54) is 11.1 Å². The van der Waals surface area contributed by atoms with E-state index in [0.717, 1.165) is 36.8 Å². The minimum atomic E-state index is 0.730. The maximum Gasteiger partial charge on any atom is 0.130 e. The molecule has 2 rings (SSSR count). The minimum absolute atomic E-state index is 0.730. The van der Waals surface area contributed by atoms with Crippen molar-refractivity contribution in [3.05, 3.63) is 59.2 Å². The molecule has 0 aliphatic carbocycles. The molecule has 2 aromatic carbocycles. The van der Waals surface area contributed by atoms with Crippen molar-refractivity contribution in [1.82, 2.24) is 5.32 Å². The molecule has 3 nitrogen and oxygen atoms in total. The molecule has 0 aromatic heterocycles. The van der Waals surface area contributed by atoms with Crippen molar-refractivity contribution in [3.8, 4) is 11.5 Å². The van der Waals surface area contributed by atoms with Gasteiger partial charge in [0.15, 0.2) is 0 Å². The van der Waals surface area contributed by atoms with Gasteiger partial charge in [0.2, 0.25) is 0 Å². The van der Waals surface area contributed by atoms with Crippen LogP contribution in [0.25, 0.3) is 0 Å². The SMILES string of the molecule is COCCNCc1ccc(Oc2ccc(C)cc2C)cc1. The molecule has 0 saturated carbocycles. The average Bonchev–Trinajstić information content (AvgIpc) is 2.48. The predicted molar refractivity (Wildman–Crippen MR) is 86.0 cm³/mol. The molecule has 0 fully saturated rings. The van der Waals surface area contributed by atoms with Crippen LogP contribution in [0.4, 0.5) is 0 Å². The lowest BCUT2D eigenvalue weighted by atomic mass is 10.1. The highest BCUT2D eigenvalue weighted by Crippen LogP contribution is 2.25. The molecule has 21 heavy (non-hydrogen) atoms. The summed E-state index contributed by atoms with van der Waals surface area (Å²) in [6.07, 6.45) is 0. The van der Waals surface area contributed by atoms with Crippen molar-refractivity contribution in [3.63, 3.8) is 0 Å². The highest BCUT2D eigenvalue weighted by Gasteiger charge is 2.02. The summed E-state index contributed by atoms with van der Waals surface area (Å²) in [5, 5.41) is 3.32. The highest BCUT2D eigenvalue weighted by atomic mass is 16.5. The summed E-state index contributed by atoms with van der Waals surface area (Å²) in [6, 6.07) is 14.4. The molecule has 0 atom stereocenters. The monoisotopic (exact) mass is 285 g/mol. The normalized spacial score (nSPS) is 10.6. The number of hydrogen-bond acceptors (Lipinski definition) is 3. The van der Waals surface area contributed by atoms with Crippen molar-refractivity contribution < 1.29 is 9.47 Å². The van der Waals surface area contributed by atoms with Crippen molar-refractivity contribution in [2.75, 3.05) is 20.3 Å². The van der Waals surface area contributed by atoms with Gasteiger partial charge in [0, 0.05) is 20.2 Å². The third-order valence-corrected chi connectivity index (χ3v) is 3.29. The fourth-order valence-electron chi connectivity index (χ4n) is 2.12. The van der Waals surface area contributed by atoms with E-state index in [-0.39, 0.29) is 0 Å². The van der Waals surface area contributed by atoms with Gasteiger partial charge in [-0.25, -0.2) is 0 Å². The molecule has 0 amide bonds. The van der Waals surface area contributed by atoms with Crippen LogP contribution in [-0.2, 0) is 11.3 Å². The predicted octanol–water partition coefficient (Wildman–Crippen LogP) is 3.83. The van der Waals surface area contributed by atoms with Gasteiger partial charge >= 0.3 is 0 Å². The van der Waals surface area contributed by atoms with Gasteiger partial charge in [-0.2, -0.15) is 0 Å². The molecular weight excluding hydrogens is 262 g/mol. The van der Waals surface area contributed by atoms with Gasteiger partial charge in [0.25, 0.3) is 0 Å². The van der Waals surface area contributed by atoms with Crippen LogP contribution in [0.15, 0.2) is 42.5 Å². The Morgan fingerprint density at radius 3 is 2.43 bits per heavy atom. The van der Waals surface area contributed by atoms with E-state index in [4.69, 9.17) is 9.47 Å². The molecule has 0 bridgehead atoms. The zero-order valence-electron chi connectivity index (χ0n) is 13.0. The van der Waals surface area contributed by atoms with Crippen molar-refractivity contribution in [2.24, 2.45) is 0 Å². The van der Waals surface area contributed by atoms with Gasteiger partial charge in [0.1, 0.15) is 11.5 Å². The lowest BCUT2D eigenvalue weighted by Gasteiger charge is -2.10. The first-order valence-electron chi connectivity index (χ1n) is 7.23. The summed E-state index contributed by atoms with van der Waals surface area (Å²) in [7, 11) is 1.71. The Balaban J connectivity index is 1.92. The van der Waals surface area contributed by atoms with Crippen LogP contribution in [0.5, 0.6) is 11.5 Å². The second kappa shape index (κ2) is 7.81. The molecule has 3 heteroatoms. The van der Waals surface area contributed by atoms with E-state index >= 15 is 0 Å². The summed E-state index contributed by atoms with van der Waals surface area (Å²) in [6.45, 7) is 6.58. The van der Waals surface area contributed by atoms with Crippen molar-refractivity contribution in [2.45, 2.75) is 20.4 Å². The first kappa shape index (κ1) is 15.5. The third kappa shape index (κ3) is 4.88. The Hall–Kier alpha value is -1.84. The Bertz CT molecular complexity index is 564. The second-order valence-corrected chi connectivity index (χ2v) is 5.18. The van der Waals surface area contributed by atoms with Crippen LogP contribution < -0.4 is 10.1 Å². The zero-order chi connectivity index (χ0) is 15.1. The number of aryl methyl sites for hydroxylation is 2. The lowest BCUT2D eigenvalue weighted by Crippen LogP contribution is -2.18. The van der Waals surface area contributed by atoms with Gasteiger partial charge in [-0.3, -0.25) is 0 Å². The van der Waals surface area contributed by atoms with E-state index < -0.39 is 0 Å². The van der Waals surface area contributed by atoms with Gasteiger partial charge < -0.3 is 14.8 Å². The van der Waals surface area contributed by atoms with Crippen LogP contribution in [0.2, 0.25) is 0 Å². The van der Waals surface area contributed by atoms with Crippen LogP contribution in [0.1, 0.15) is 16.7 Å². The Labute approximate surface area is 126 Å². The summed E-state index contributed by atoms with van der Waals surface area (Å²) in [4.78, 5) is 0. The van der Waals surface area contributed by atoms with Crippen LogP contribution >= 0.6 is 0 Å². The third-order valence-electron chi connectivity index (χ3n) is 3.29. The quantitative estimate of drug-likeness (QED) is 0.784. The molecule has 0 heterocycles. The largest absolute Gasteiger partial charge is 0.457 e. The number of nitrogens with one attached hydrogen (secondary N) is 1. The van der Waals surface area contributed by atoms with E-state index in [1.54, 1.807) is 7.11 Å².